The summed E-state index contributed by atoms with van der Waals surface area (Å²) in [7, 11) is 0. The molecule has 0 aromatic rings. The van der Waals surface area contributed by atoms with Crippen LogP contribution in [0.3, 0.4) is 0 Å². The third-order valence-corrected chi connectivity index (χ3v) is 3.88. The highest BCUT2D eigenvalue weighted by Gasteiger charge is 2.37. The standard InChI is InChI=1S/C13H27N/c1-5-7-12(4)10-13(11(2)3)8-6-9-14-13/h11-12,14H,5-10H2,1-4H3. The SMILES string of the molecule is CCCC(C)CC1(C(C)C)CCCN1. The van der Waals surface area contributed by atoms with Crippen LogP contribution in [0.1, 0.15) is 59.8 Å². The minimum Gasteiger partial charge on any atom is -0.311 e. The molecule has 0 bridgehead atoms. The van der Waals surface area contributed by atoms with Gasteiger partial charge in [0.05, 0.1) is 0 Å². The van der Waals surface area contributed by atoms with Crippen molar-refractivity contribution in [3.8, 4) is 0 Å². The van der Waals surface area contributed by atoms with Crippen LogP contribution in [0.4, 0.5) is 0 Å². The van der Waals surface area contributed by atoms with Crippen molar-refractivity contribution in [1.82, 2.24) is 5.32 Å². The molecule has 1 aliphatic heterocycles. The fraction of sp³-hybridized carbons (Fsp3) is 1.00. The Balaban J connectivity index is 2.51. The summed E-state index contributed by atoms with van der Waals surface area (Å²) in [4.78, 5) is 0. The van der Waals surface area contributed by atoms with Gasteiger partial charge in [0.1, 0.15) is 0 Å². The Morgan fingerprint density at radius 3 is 2.43 bits per heavy atom. The lowest BCUT2D eigenvalue weighted by Gasteiger charge is -2.36. The van der Waals surface area contributed by atoms with Crippen molar-refractivity contribution in [2.24, 2.45) is 11.8 Å². The topological polar surface area (TPSA) is 12.0 Å². The van der Waals surface area contributed by atoms with Crippen LogP contribution in [0.15, 0.2) is 0 Å². The molecule has 14 heavy (non-hydrogen) atoms. The predicted molar refractivity (Wildman–Crippen MR) is 63.5 cm³/mol. The first-order valence-electron chi connectivity index (χ1n) is 6.35. The van der Waals surface area contributed by atoms with Gasteiger partial charge in [-0.25, -0.2) is 0 Å². The van der Waals surface area contributed by atoms with Crippen LogP contribution in [0, 0.1) is 11.8 Å². The first-order chi connectivity index (χ1) is 6.60. The number of hydrogen-bond donors (Lipinski definition) is 1. The molecule has 1 saturated heterocycles. The molecule has 0 aromatic carbocycles. The minimum atomic E-state index is 0.467. The van der Waals surface area contributed by atoms with Gasteiger partial charge in [-0.15, -0.1) is 0 Å². The molecule has 84 valence electrons. The second-order valence-corrected chi connectivity index (χ2v) is 5.44. The van der Waals surface area contributed by atoms with Gasteiger partial charge in [-0.05, 0) is 37.6 Å². The number of rotatable bonds is 5. The summed E-state index contributed by atoms with van der Waals surface area (Å²) in [5, 5.41) is 3.76. The highest BCUT2D eigenvalue weighted by molar-refractivity contribution is 4.96. The first kappa shape index (κ1) is 12.0. The summed E-state index contributed by atoms with van der Waals surface area (Å²) in [6.07, 6.45) is 6.85. The van der Waals surface area contributed by atoms with E-state index in [0.29, 0.717) is 5.54 Å². The molecule has 1 nitrogen and oxygen atoms in total. The van der Waals surface area contributed by atoms with E-state index < -0.39 is 0 Å². The Morgan fingerprint density at radius 1 is 1.29 bits per heavy atom. The minimum absolute atomic E-state index is 0.467. The maximum atomic E-state index is 3.76. The summed E-state index contributed by atoms with van der Waals surface area (Å²) >= 11 is 0. The second kappa shape index (κ2) is 5.16. The zero-order chi connectivity index (χ0) is 10.6. The van der Waals surface area contributed by atoms with Crippen molar-refractivity contribution in [3.05, 3.63) is 0 Å². The molecule has 2 atom stereocenters. The van der Waals surface area contributed by atoms with E-state index >= 15 is 0 Å². The molecular formula is C13H27N. The molecule has 0 amide bonds. The van der Waals surface area contributed by atoms with E-state index in [1.807, 2.05) is 0 Å². The predicted octanol–water partition coefficient (Wildman–Crippen LogP) is 3.59. The highest BCUT2D eigenvalue weighted by Crippen LogP contribution is 2.34. The third-order valence-electron chi connectivity index (χ3n) is 3.88. The van der Waals surface area contributed by atoms with Crippen molar-refractivity contribution >= 4 is 0 Å². The smallest absolute Gasteiger partial charge is 0.0207 e. The van der Waals surface area contributed by atoms with Gasteiger partial charge in [-0.1, -0.05) is 40.5 Å². The molecule has 1 rings (SSSR count). The van der Waals surface area contributed by atoms with Gasteiger partial charge in [0, 0.05) is 5.54 Å². The Hall–Kier alpha value is -0.0400. The van der Waals surface area contributed by atoms with Crippen molar-refractivity contribution in [2.45, 2.75) is 65.3 Å². The van der Waals surface area contributed by atoms with Gasteiger partial charge in [-0.2, -0.15) is 0 Å². The van der Waals surface area contributed by atoms with Crippen LogP contribution < -0.4 is 5.32 Å². The van der Waals surface area contributed by atoms with E-state index in [1.165, 1.54) is 38.6 Å². The fourth-order valence-corrected chi connectivity index (χ4v) is 2.95. The average Bonchev–Trinajstić information content (AvgIpc) is 2.54. The Morgan fingerprint density at radius 2 is 2.00 bits per heavy atom. The zero-order valence-corrected chi connectivity index (χ0v) is 10.4. The van der Waals surface area contributed by atoms with Crippen LogP contribution in [-0.4, -0.2) is 12.1 Å². The molecule has 1 heteroatoms. The molecule has 0 spiro atoms. The lowest BCUT2D eigenvalue weighted by atomic mass is 9.77. The molecule has 1 heterocycles. The normalized spacial score (nSPS) is 29.8. The Kier molecular flexibility index (Phi) is 4.43. The van der Waals surface area contributed by atoms with E-state index in [-0.39, 0.29) is 0 Å². The summed E-state index contributed by atoms with van der Waals surface area (Å²) in [6, 6.07) is 0. The van der Waals surface area contributed by atoms with Gasteiger partial charge in [0.25, 0.3) is 0 Å². The molecule has 2 unspecified atom stereocenters. The third kappa shape index (κ3) is 2.73. The van der Waals surface area contributed by atoms with Crippen LogP contribution >= 0.6 is 0 Å². The lowest BCUT2D eigenvalue weighted by Crippen LogP contribution is -2.46. The first-order valence-corrected chi connectivity index (χ1v) is 6.35. The number of hydrogen-bond acceptors (Lipinski definition) is 1. The summed E-state index contributed by atoms with van der Waals surface area (Å²) in [5.41, 5.74) is 0.467. The molecule has 1 N–H and O–H groups in total. The molecule has 1 fully saturated rings. The Labute approximate surface area is 89.7 Å². The van der Waals surface area contributed by atoms with E-state index in [0.717, 1.165) is 11.8 Å². The van der Waals surface area contributed by atoms with Crippen molar-refractivity contribution < 1.29 is 0 Å². The van der Waals surface area contributed by atoms with E-state index in [9.17, 15) is 0 Å². The molecule has 0 saturated carbocycles. The zero-order valence-electron chi connectivity index (χ0n) is 10.4. The maximum Gasteiger partial charge on any atom is 0.0207 e. The van der Waals surface area contributed by atoms with Crippen molar-refractivity contribution in [3.63, 3.8) is 0 Å². The molecular weight excluding hydrogens is 170 g/mol. The quantitative estimate of drug-likeness (QED) is 0.710. The lowest BCUT2D eigenvalue weighted by molar-refractivity contribution is 0.212. The van der Waals surface area contributed by atoms with Crippen LogP contribution in [0.25, 0.3) is 0 Å². The van der Waals surface area contributed by atoms with Crippen LogP contribution in [0.5, 0.6) is 0 Å². The summed E-state index contributed by atoms with van der Waals surface area (Å²) in [5.74, 6) is 1.66. The summed E-state index contributed by atoms with van der Waals surface area (Å²) < 4.78 is 0. The van der Waals surface area contributed by atoms with Gasteiger partial charge in [-0.3, -0.25) is 0 Å². The van der Waals surface area contributed by atoms with E-state index in [2.05, 4.69) is 33.0 Å². The van der Waals surface area contributed by atoms with Gasteiger partial charge in [0.2, 0.25) is 0 Å². The maximum absolute atomic E-state index is 3.76. The second-order valence-electron chi connectivity index (χ2n) is 5.44. The van der Waals surface area contributed by atoms with Gasteiger partial charge >= 0.3 is 0 Å². The van der Waals surface area contributed by atoms with Crippen LogP contribution in [-0.2, 0) is 0 Å². The van der Waals surface area contributed by atoms with Crippen molar-refractivity contribution in [2.75, 3.05) is 6.54 Å². The highest BCUT2D eigenvalue weighted by atomic mass is 15.0. The largest absolute Gasteiger partial charge is 0.311 e. The average molecular weight is 197 g/mol. The number of nitrogens with one attached hydrogen (secondary N) is 1. The molecule has 0 aliphatic carbocycles. The monoisotopic (exact) mass is 197 g/mol. The van der Waals surface area contributed by atoms with E-state index in [4.69, 9.17) is 0 Å². The fourth-order valence-electron chi connectivity index (χ4n) is 2.95. The van der Waals surface area contributed by atoms with E-state index in [1.54, 1.807) is 0 Å². The van der Waals surface area contributed by atoms with Crippen molar-refractivity contribution in [1.29, 1.82) is 0 Å². The molecule has 1 aliphatic rings. The molecule has 0 radical (unpaired) electrons. The molecule has 0 aromatic heterocycles. The van der Waals surface area contributed by atoms with Crippen LogP contribution in [0.2, 0.25) is 0 Å². The van der Waals surface area contributed by atoms with Gasteiger partial charge < -0.3 is 5.32 Å². The Bertz CT molecular complexity index is 157. The summed E-state index contributed by atoms with van der Waals surface area (Å²) in [6.45, 7) is 10.7. The van der Waals surface area contributed by atoms with Gasteiger partial charge in [0.15, 0.2) is 0 Å².